The number of aryl methyl sites for hydroxylation is 2. The monoisotopic (exact) mass is 1450 g/mol. The van der Waals surface area contributed by atoms with Crippen LogP contribution >= 0.6 is 45.3 Å². The van der Waals surface area contributed by atoms with Crippen molar-refractivity contribution in [1.82, 2.24) is 20.6 Å². The molecule has 0 saturated heterocycles. The van der Waals surface area contributed by atoms with Gasteiger partial charge in [-0.2, -0.15) is 0 Å². The molecule has 11 aromatic rings. The minimum atomic E-state index is 0.646. The SMILES string of the molecule is CCCCCCCCCCCCOc1c(C)c(-c2ccccc2)c2nonc2c1-c1cc2c(CCCCCCCCCCCC)c3sc(-c4c(C)c(OCCCCCCCCCCCC)c(-c5cc6sc(-c7ccccc7)cc6s5)c5nonc45)cc3c(CCCCCCCCCCCC)c2s1. The summed E-state index contributed by atoms with van der Waals surface area (Å²) < 4.78 is 31.7. The maximum absolute atomic E-state index is 7.28. The molecular formula is C90H120N4O4S4. The molecule has 0 aliphatic rings. The smallest absolute Gasteiger partial charge is 0.148 e. The van der Waals surface area contributed by atoms with Gasteiger partial charge in [0.05, 0.1) is 24.3 Å². The number of ether oxygens (including phenoxy) is 2. The van der Waals surface area contributed by atoms with Crippen LogP contribution < -0.4 is 9.47 Å². The van der Waals surface area contributed by atoms with Crippen LogP contribution in [0.25, 0.3) is 105 Å². The molecule has 11 rings (SSSR count). The van der Waals surface area contributed by atoms with Crippen LogP contribution in [-0.2, 0) is 12.8 Å². The quantitative estimate of drug-likeness (QED) is 0.0348. The van der Waals surface area contributed by atoms with E-state index in [4.69, 9.17) is 39.4 Å². The number of unbranched alkanes of at least 4 members (excludes halogenated alkanes) is 36. The Kier molecular flexibility index (Phi) is 31.5. The molecule has 0 bridgehead atoms. The summed E-state index contributed by atoms with van der Waals surface area (Å²) in [5.41, 5.74) is 14.7. The van der Waals surface area contributed by atoms with Crippen molar-refractivity contribution >= 4 is 97.0 Å². The molecule has 6 aromatic heterocycles. The van der Waals surface area contributed by atoms with Crippen LogP contribution in [0.1, 0.15) is 307 Å². The lowest BCUT2D eigenvalue weighted by Gasteiger charge is -2.17. The van der Waals surface area contributed by atoms with E-state index in [2.05, 4.69) is 126 Å². The van der Waals surface area contributed by atoms with Crippen LogP contribution in [0, 0.1) is 13.8 Å². The second kappa shape index (κ2) is 41.7. The van der Waals surface area contributed by atoms with E-state index in [1.165, 1.54) is 279 Å². The number of hydrogen-bond donors (Lipinski definition) is 0. The summed E-state index contributed by atoms with van der Waals surface area (Å²) in [6.07, 6.45) is 53.5. The van der Waals surface area contributed by atoms with Crippen LogP contribution in [0.4, 0.5) is 0 Å². The van der Waals surface area contributed by atoms with E-state index in [9.17, 15) is 0 Å². The third kappa shape index (κ3) is 20.4. The van der Waals surface area contributed by atoms with Crippen LogP contribution in [0.15, 0.2) is 94.2 Å². The second-order valence-corrected chi connectivity index (χ2v) is 33.9. The number of rotatable bonds is 51. The topological polar surface area (TPSA) is 96.3 Å². The predicted octanol–water partition coefficient (Wildman–Crippen LogP) is 30.9. The highest BCUT2D eigenvalue weighted by molar-refractivity contribution is 7.31. The fraction of sp³-hybridized carbons (Fsp3) is 0.556. The average molecular weight is 1450 g/mol. The summed E-state index contributed by atoms with van der Waals surface area (Å²) in [7, 11) is 0. The van der Waals surface area contributed by atoms with Crippen LogP contribution in [0.5, 0.6) is 11.5 Å². The summed E-state index contributed by atoms with van der Waals surface area (Å²) in [6.45, 7) is 15.1. The fourth-order valence-corrected chi connectivity index (χ4v) is 20.9. The van der Waals surface area contributed by atoms with Crippen molar-refractivity contribution < 1.29 is 18.7 Å². The Morgan fingerprint density at radius 1 is 0.304 bits per heavy atom. The van der Waals surface area contributed by atoms with Crippen LogP contribution in [0.2, 0.25) is 0 Å². The first-order chi connectivity index (χ1) is 50.4. The van der Waals surface area contributed by atoms with Crippen molar-refractivity contribution in [2.75, 3.05) is 13.2 Å². The molecule has 0 N–H and O–H groups in total. The van der Waals surface area contributed by atoms with Crippen molar-refractivity contribution in [2.45, 2.75) is 311 Å². The zero-order valence-electron chi connectivity index (χ0n) is 63.3. The maximum atomic E-state index is 7.28. The van der Waals surface area contributed by atoms with Gasteiger partial charge >= 0.3 is 0 Å². The van der Waals surface area contributed by atoms with Gasteiger partial charge in [-0.05, 0) is 130 Å². The zero-order chi connectivity index (χ0) is 70.5. The molecule has 0 radical (unpaired) electrons. The highest BCUT2D eigenvalue weighted by Gasteiger charge is 2.31. The molecule has 0 atom stereocenters. The lowest BCUT2D eigenvalue weighted by molar-refractivity contribution is 0.303. The Hall–Kier alpha value is -5.92. The Morgan fingerprint density at radius 2 is 0.608 bits per heavy atom. The molecule has 5 aromatic carbocycles. The molecule has 6 heterocycles. The minimum Gasteiger partial charge on any atom is -0.493 e. The molecule has 8 nitrogen and oxygen atoms in total. The fourth-order valence-electron chi connectivity index (χ4n) is 15.8. The first-order valence-electron chi connectivity index (χ1n) is 40.9. The molecule has 0 fully saturated rings. The average Bonchev–Trinajstić information content (AvgIpc) is 1.68. The van der Waals surface area contributed by atoms with Gasteiger partial charge in [-0.15, -0.1) is 45.3 Å². The van der Waals surface area contributed by atoms with E-state index in [0.29, 0.717) is 13.2 Å². The molecule has 102 heavy (non-hydrogen) atoms. The summed E-state index contributed by atoms with van der Waals surface area (Å²) in [5.74, 6) is 1.82. The number of benzene rings is 5. The summed E-state index contributed by atoms with van der Waals surface area (Å²) in [4.78, 5) is 4.81. The standard InChI is InChI=1S/C90H120N4O4S4/c1-7-11-15-19-23-27-31-35-39-49-57-69-71-61-76(80-66(6)88(96-60-52-42-38-34-30-26-22-18-14-10-4)82(86-84(80)92-98-94-86)78-64-75-74(100-78)63-73(99-75)67-53-45-43-46-54-67)101-89(71)70(58-50-40-36-32-28-24-20-16-12-8-2)72-62-77(102-90(69)72)81-85-83(91-97-93-85)79(68-55-47-44-48-56-68)65(5)87(81)95-59-51-41-37-33-29-25-21-17-13-9-3/h43-48,53-56,61-64H,7-42,49-52,57-60H2,1-6H3. The van der Waals surface area contributed by atoms with Gasteiger partial charge in [0.25, 0.3) is 0 Å². The van der Waals surface area contributed by atoms with Crippen molar-refractivity contribution in [3.05, 3.63) is 107 Å². The van der Waals surface area contributed by atoms with Crippen molar-refractivity contribution in [3.8, 4) is 64.4 Å². The number of thiophene rings is 4. The summed E-state index contributed by atoms with van der Waals surface area (Å²) in [5, 5.41) is 22.1. The summed E-state index contributed by atoms with van der Waals surface area (Å²) >= 11 is 7.59. The Bertz CT molecular complexity index is 4150. The molecule has 12 heteroatoms. The van der Waals surface area contributed by atoms with Gasteiger partial charge in [-0.1, -0.05) is 320 Å². The van der Waals surface area contributed by atoms with Gasteiger partial charge in [0.2, 0.25) is 0 Å². The van der Waals surface area contributed by atoms with Crippen molar-refractivity contribution in [3.63, 3.8) is 0 Å². The third-order valence-electron chi connectivity index (χ3n) is 21.6. The van der Waals surface area contributed by atoms with Gasteiger partial charge < -0.3 is 9.47 Å². The largest absolute Gasteiger partial charge is 0.493 e. The first-order valence-corrected chi connectivity index (χ1v) is 44.2. The van der Waals surface area contributed by atoms with E-state index in [-0.39, 0.29) is 0 Å². The van der Waals surface area contributed by atoms with E-state index in [1.807, 2.05) is 45.3 Å². The van der Waals surface area contributed by atoms with Gasteiger partial charge in [0, 0.05) is 60.6 Å². The predicted molar refractivity (Wildman–Crippen MR) is 444 cm³/mol. The minimum absolute atomic E-state index is 0.646. The van der Waals surface area contributed by atoms with Crippen molar-refractivity contribution in [1.29, 1.82) is 0 Å². The molecule has 0 unspecified atom stereocenters. The highest BCUT2D eigenvalue weighted by Crippen LogP contribution is 2.55. The molecule has 0 spiro atoms. The van der Waals surface area contributed by atoms with Crippen LogP contribution in [0.3, 0.4) is 0 Å². The number of nitrogens with zero attached hydrogens (tertiary/aromatic N) is 4. The number of fused-ring (bicyclic) bond motifs is 5. The van der Waals surface area contributed by atoms with E-state index < -0.39 is 0 Å². The van der Waals surface area contributed by atoms with Crippen LogP contribution in [-0.4, -0.2) is 33.8 Å². The Balaban J connectivity index is 1.01. The molecule has 0 saturated carbocycles. The Morgan fingerprint density at radius 3 is 1.01 bits per heavy atom. The second-order valence-electron chi connectivity index (χ2n) is 29.6. The molecule has 0 aliphatic heterocycles. The molecule has 0 amide bonds. The Labute approximate surface area is 627 Å². The normalized spacial score (nSPS) is 12.0. The molecule has 548 valence electrons. The van der Waals surface area contributed by atoms with Gasteiger partial charge in [0.1, 0.15) is 33.6 Å². The lowest BCUT2D eigenvalue weighted by atomic mass is 9.92. The highest BCUT2D eigenvalue weighted by atomic mass is 32.1. The van der Waals surface area contributed by atoms with E-state index >= 15 is 0 Å². The number of aromatic nitrogens is 4. The van der Waals surface area contributed by atoms with E-state index in [0.717, 1.165) is 129 Å². The number of hydrogen-bond acceptors (Lipinski definition) is 12. The lowest BCUT2D eigenvalue weighted by Crippen LogP contribution is -2.03. The van der Waals surface area contributed by atoms with Gasteiger partial charge in [0.15, 0.2) is 0 Å². The van der Waals surface area contributed by atoms with Gasteiger partial charge in [-0.3, -0.25) is 0 Å². The van der Waals surface area contributed by atoms with Gasteiger partial charge in [-0.25, -0.2) is 9.26 Å². The molecular weight excluding hydrogens is 1330 g/mol. The first kappa shape index (κ1) is 77.2. The summed E-state index contributed by atoms with van der Waals surface area (Å²) in [6, 6.07) is 31.3. The zero-order valence-corrected chi connectivity index (χ0v) is 66.5. The molecule has 0 aliphatic carbocycles. The van der Waals surface area contributed by atoms with E-state index in [1.54, 1.807) is 0 Å². The van der Waals surface area contributed by atoms with Crippen molar-refractivity contribution in [2.24, 2.45) is 0 Å². The third-order valence-corrected chi connectivity index (χ3v) is 26.4. The maximum Gasteiger partial charge on any atom is 0.148 e.